The number of nitrogens with two attached hydrogens (primary N) is 1. The Balaban J connectivity index is 2.14. The van der Waals surface area contributed by atoms with Crippen LogP contribution >= 0.6 is 0 Å². The summed E-state index contributed by atoms with van der Waals surface area (Å²) in [5.74, 6) is 5.12. The van der Waals surface area contributed by atoms with E-state index in [4.69, 9.17) is 10.3 Å². The highest BCUT2D eigenvalue weighted by atomic mass is 28.3. The van der Waals surface area contributed by atoms with Gasteiger partial charge >= 0.3 is 0 Å². The van der Waals surface area contributed by atoms with Crippen molar-refractivity contribution in [3.05, 3.63) is 0 Å². The van der Waals surface area contributed by atoms with Crippen molar-refractivity contribution >= 4 is 9.20 Å². The van der Waals surface area contributed by atoms with Crippen LogP contribution in [0.4, 0.5) is 0 Å². The molecule has 1 fully saturated rings. The molecule has 0 amide bonds. The number of nitrogens with one attached hydrogen (secondary N) is 1. The number of hydrazine groups is 1. The van der Waals surface area contributed by atoms with Gasteiger partial charge in [0.15, 0.2) is 0 Å². The molecule has 3 nitrogen and oxygen atoms in total. The molecule has 7 heavy (non-hydrogen) atoms. The fourth-order valence-corrected chi connectivity index (χ4v) is 2.13. The second-order valence-corrected chi connectivity index (χ2v) is 3.89. The summed E-state index contributed by atoms with van der Waals surface area (Å²) in [7, 11) is -1.03. The van der Waals surface area contributed by atoms with Crippen LogP contribution in [-0.4, -0.2) is 15.8 Å². The van der Waals surface area contributed by atoms with Gasteiger partial charge in [-0.2, -0.15) is 0 Å². The monoisotopic (exact) mass is 118 g/mol. The quantitative estimate of drug-likeness (QED) is 0.266. The molecule has 1 rings (SSSR count). The van der Waals surface area contributed by atoms with E-state index in [1.807, 2.05) is 0 Å². The summed E-state index contributed by atoms with van der Waals surface area (Å²) >= 11 is 0. The first kappa shape index (κ1) is 5.24. The van der Waals surface area contributed by atoms with Gasteiger partial charge in [0.1, 0.15) is 0 Å². The summed E-state index contributed by atoms with van der Waals surface area (Å²) in [4.78, 5) is 0. The minimum Gasteiger partial charge on any atom is -0.405 e. The molecular formula is C3H10N2OSi. The van der Waals surface area contributed by atoms with Gasteiger partial charge in [0.25, 0.3) is 9.20 Å². The standard InChI is InChI=1S/C3H10N2OSi/c4-5-7-3-1-2-6-7/h5,7H,1-4H2. The molecule has 0 spiro atoms. The zero-order chi connectivity index (χ0) is 5.11. The SMILES string of the molecule is NN[SiH]1CCCO1. The second kappa shape index (κ2) is 2.42. The Morgan fingerprint density at radius 1 is 1.71 bits per heavy atom. The molecule has 1 saturated heterocycles. The van der Waals surface area contributed by atoms with Crippen LogP contribution in [0.2, 0.25) is 6.04 Å². The van der Waals surface area contributed by atoms with Crippen LogP contribution in [-0.2, 0) is 4.43 Å². The fourth-order valence-electron chi connectivity index (χ4n) is 0.709. The van der Waals surface area contributed by atoms with Crippen LogP contribution in [0, 0.1) is 0 Å². The Labute approximate surface area is 44.6 Å². The van der Waals surface area contributed by atoms with E-state index >= 15 is 0 Å². The Hall–Kier alpha value is 0.0969. The van der Waals surface area contributed by atoms with E-state index in [-0.39, 0.29) is 0 Å². The molecule has 1 aliphatic rings. The molecule has 0 aromatic heterocycles. The first-order chi connectivity index (χ1) is 3.43. The van der Waals surface area contributed by atoms with E-state index in [1.54, 1.807) is 0 Å². The molecule has 0 aromatic carbocycles. The summed E-state index contributed by atoms with van der Waals surface area (Å²) in [5.41, 5.74) is 0. The van der Waals surface area contributed by atoms with Crippen molar-refractivity contribution in [3.8, 4) is 0 Å². The van der Waals surface area contributed by atoms with Gasteiger partial charge in [-0.15, -0.1) is 0 Å². The Morgan fingerprint density at radius 3 is 2.86 bits per heavy atom. The average Bonchev–Trinajstić information content (AvgIpc) is 2.14. The summed E-state index contributed by atoms with van der Waals surface area (Å²) in [6, 6.07) is 1.19. The summed E-state index contributed by atoms with van der Waals surface area (Å²) in [6.07, 6.45) is 1.20. The van der Waals surface area contributed by atoms with E-state index in [2.05, 4.69) is 5.09 Å². The zero-order valence-corrected chi connectivity index (χ0v) is 5.34. The molecule has 0 aliphatic carbocycles. The molecule has 0 aromatic rings. The van der Waals surface area contributed by atoms with Gasteiger partial charge in [-0.1, -0.05) is 0 Å². The number of hydrogen-bond donors (Lipinski definition) is 2. The highest BCUT2D eigenvalue weighted by Gasteiger charge is 2.14. The average molecular weight is 118 g/mol. The lowest BCUT2D eigenvalue weighted by Crippen LogP contribution is -2.38. The maximum absolute atomic E-state index is 5.20. The Morgan fingerprint density at radius 2 is 2.57 bits per heavy atom. The highest BCUT2D eigenvalue weighted by molar-refractivity contribution is 6.49. The number of hydrogen-bond acceptors (Lipinski definition) is 3. The fraction of sp³-hybridized carbons (Fsp3) is 1.00. The lowest BCUT2D eigenvalue weighted by atomic mass is 10.5. The third-order valence-electron chi connectivity index (χ3n) is 1.12. The lowest BCUT2D eigenvalue weighted by Gasteiger charge is -2.00. The topological polar surface area (TPSA) is 47.3 Å². The zero-order valence-electron chi connectivity index (χ0n) is 4.18. The van der Waals surface area contributed by atoms with Gasteiger partial charge in [-0.3, -0.25) is 10.9 Å². The molecule has 1 aliphatic heterocycles. The minimum atomic E-state index is -1.03. The van der Waals surface area contributed by atoms with Gasteiger partial charge in [0.2, 0.25) is 0 Å². The Bertz CT molecular complexity index is 54.9. The predicted octanol–water partition coefficient (Wildman–Crippen LogP) is -0.910. The normalized spacial score (nSPS) is 31.3. The molecule has 1 unspecified atom stereocenters. The van der Waals surface area contributed by atoms with E-state index in [0.29, 0.717) is 0 Å². The van der Waals surface area contributed by atoms with Crippen molar-refractivity contribution in [1.82, 2.24) is 5.09 Å². The molecule has 0 radical (unpaired) electrons. The van der Waals surface area contributed by atoms with Crippen molar-refractivity contribution in [2.75, 3.05) is 6.61 Å². The minimum absolute atomic E-state index is 0.918. The van der Waals surface area contributed by atoms with Crippen molar-refractivity contribution in [1.29, 1.82) is 0 Å². The lowest BCUT2D eigenvalue weighted by molar-refractivity contribution is 0.353. The molecule has 0 saturated carbocycles. The summed E-state index contributed by atoms with van der Waals surface area (Å²) in [5, 5.41) is 2.68. The predicted molar refractivity (Wildman–Crippen MR) is 29.8 cm³/mol. The van der Waals surface area contributed by atoms with Crippen LogP contribution in [0.5, 0.6) is 0 Å². The smallest absolute Gasteiger partial charge is 0.265 e. The van der Waals surface area contributed by atoms with E-state index in [9.17, 15) is 0 Å². The van der Waals surface area contributed by atoms with Crippen LogP contribution in [0.3, 0.4) is 0 Å². The van der Waals surface area contributed by atoms with Crippen molar-refractivity contribution in [3.63, 3.8) is 0 Å². The molecule has 4 heteroatoms. The second-order valence-electron chi connectivity index (χ2n) is 1.67. The third-order valence-corrected chi connectivity index (χ3v) is 3.06. The van der Waals surface area contributed by atoms with Gasteiger partial charge in [-0.25, -0.2) is 0 Å². The van der Waals surface area contributed by atoms with Crippen molar-refractivity contribution < 1.29 is 4.43 Å². The maximum Gasteiger partial charge on any atom is 0.265 e. The van der Waals surface area contributed by atoms with Crippen molar-refractivity contribution in [2.24, 2.45) is 5.84 Å². The van der Waals surface area contributed by atoms with E-state index in [1.165, 1.54) is 12.5 Å². The van der Waals surface area contributed by atoms with E-state index < -0.39 is 9.20 Å². The maximum atomic E-state index is 5.20. The number of rotatable bonds is 1. The van der Waals surface area contributed by atoms with Gasteiger partial charge in [0.05, 0.1) is 0 Å². The largest absolute Gasteiger partial charge is 0.405 e. The van der Waals surface area contributed by atoms with Crippen LogP contribution in [0.15, 0.2) is 0 Å². The highest BCUT2D eigenvalue weighted by Crippen LogP contribution is 2.04. The van der Waals surface area contributed by atoms with Gasteiger partial charge < -0.3 is 4.43 Å². The third kappa shape index (κ3) is 1.24. The molecule has 3 N–H and O–H groups in total. The first-order valence-corrected chi connectivity index (χ1v) is 4.38. The molecule has 1 atom stereocenters. The molecule has 42 valence electrons. The molecular weight excluding hydrogens is 108 g/mol. The van der Waals surface area contributed by atoms with Gasteiger partial charge in [-0.05, 0) is 12.5 Å². The summed E-state index contributed by atoms with van der Waals surface area (Å²) in [6.45, 7) is 0.918. The van der Waals surface area contributed by atoms with Crippen LogP contribution < -0.4 is 10.9 Å². The molecule has 0 bridgehead atoms. The van der Waals surface area contributed by atoms with Crippen molar-refractivity contribution in [2.45, 2.75) is 12.5 Å². The Kier molecular flexibility index (Phi) is 1.81. The van der Waals surface area contributed by atoms with E-state index in [0.717, 1.165) is 6.61 Å². The van der Waals surface area contributed by atoms with Crippen LogP contribution in [0.25, 0.3) is 0 Å². The molecule has 1 heterocycles. The van der Waals surface area contributed by atoms with Gasteiger partial charge in [0, 0.05) is 6.61 Å². The van der Waals surface area contributed by atoms with Crippen LogP contribution in [0.1, 0.15) is 6.42 Å². The summed E-state index contributed by atoms with van der Waals surface area (Å²) < 4.78 is 5.20. The first-order valence-electron chi connectivity index (χ1n) is 2.51.